The largest absolute Gasteiger partial charge is 0.481 e. The SMILES string of the molecule is COC1CN(C(OC2CCC(C(=O)O)CC2)(C(=O)Cc2cc(Cl)c(NC(=O)c3nccc4ccccc34)cc2Cl)N2CCCC2)C1. The van der Waals surface area contributed by atoms with Gasteiger partial charge in [0.1, 0.15) is 5.69 Å². The number of carboxylic acids is 1. The minimum atomic E-state index is -1.34. The van der Waals surface area contributed by atoms with Gasteiger partial charge in [0.2, 0.25) is 5.85 Å². The maximum atomic E-state index is 14.6. The lowest BCUT2D eigenvalue weighted by atomic mass is 9.87. The van der Waals surface area contributed by atoms with Crippen LogP contribution in [-0.4, -0.2) is 88.9 Å². The van der Waals surface area contributed by atoms with Crippen LogP contribution in [-0.2, 0) is 25.5 Å². The summed E-state index contributed by atoms with van der Waals surface area (Å²) in [4.78, 5) is 47.9. The molecule has 3 heterocycles. The monoisotopic (exact) mass is 668 g/mol. The second kappa shape index (κ2) is 13.9. The number of aromatic nitrogens is 1. The van der Waals surface area contributed by atoms with Crippen molar-refractivity contribution in [3.8, 4) is 0 Å². The standard InChI is InChI=1S/C34H38Cl2N4O6/c1-45-25-19-40(20-25)34(39-14-4-5-15-39,46-24-10-8-22(9-11-24)33(43)44)30(41)17-23-16-28(36)29(18-27(23)35)38-32(42)31-26-7-3-2-6-21(26)12-13-37-31/h2-3,6-7,12-13,16,18,22,24-25H,4-5,8-11,14-15,17,19-20H2,1H3,(H,38,42)(H,43,44). The van der Waals surface area contributed by atoms with E-state index in [0.717, 1.165) is 18.2 Å². The lowest BCUT2D eigenvalue weighted by Crippen LogP contribution is -2.74. The second-order valence-electron chi connectivity index (χ2n) is 12.4. The highest BCUT2D eigenvalue weighted by Crippen LogP contribution is 2.39. The van der Waals surface area contributed by atoms with E-state index in [4.69, 9.17) is 32.7 Å². The number of hydrogen-bond donors (Lipinski definition) is 2. The number of nitrogens with one attached hydrogen (secondary N) is 1. The van der Waals surface area contributed by atoms with E-state index in [2.05, 4.69) is 15.2 Å². The molecule has 1 aliphatic carbocycles. The summed E-state index contributed by atoms with van der Waals surface area (Å²) in [5.74, 6) is -3.11. The Hall–Kier alpha value is -3.12. The van der Waals surface area contributed by atoms with Crippen molar-refractivity contribution in [2.75, 3.05) is 38.6 Å². The number of methoxy groups -OCH3 is 1. The number of pyridine rings is 1. The first-order valence-corrected chi connectivity index (χ1v) is 16.5. The van der Waals surface area contributed by atoms with Gasteiger partial charge in [-0.15, -0.1) is 0 Å². The fourth-order valence-electron chi connectivity index (χ4n) is 6.87. The van der Waals surface area contributed by atoms with Crippen molar-refractivity contribution >= 4 is 57.3 Å². The quantitative estimate of drug-likeness (QED) is 0.267. The zero-order valence-corrected chi connectivity index (χ0v) is 27.2. The normalized spacial score (nSPS) is 22.3. The van der Waals surface area contributed by atoms with Gasteiger partial charge >= 0.3 is 5.97 Å². The maximum Gasteiger partial charge on any atom is 0.306 e. The van der Waals surface area contributed by atoms with Gasteiger partial charge in [-0.05, 0) is 67.7 Å². The number of ketones is 1. The number of carboxylic acid groups (broad SMARTS) is 1. The Labute approximate surface area is 277 Å². The number of amides is 1. The Morgan fingerprint density at radius 2 is 1.70 bits per heavy atom. The molecule has 1 saturated carbocycles. The van der Waals surface area contributed by atoms with Gasteiger partial charge < -0.3 is 19.9 Å². The number of carbonyl (C=O) groups is 3. The van der Waals surface area contributed by atoms with Gasteiger partial charge in [-0.1, -0.05) is 47.5 Å². The number of Topliss-reactive ketones (excluding diaryl/α,β-unsaturated/α-hetero) is 1. The molecule has 1 unspecified atom stereocenters. The molecule has 2 N–H and O–H groups in total. The third-order valence-corrected chi connectivity index (χ3v) is 10.2. The number of fused-ring (bicyclic) bond motifs is 1. The molecule has 2 saturated heterocycles. The highest BCUT2D eigenvalue weighted by atomic mass is 35.5. The zero-order valence-electron chi connectivity index (χ0n) is 25.7. The van der Waals surface area contributed by atoms with Crippen LogP contribution in [0, 0.1) is 5.92 Å². The first-order chi connectivity index (χ1) is 22.2. The first kappa shape index (κ1) is 32.8. The summed E-state index contributed by atoms with van der Waals surface area (Å²) in [6.07, 6.45) is 5.28. The molecule has 1 amide bonds. The highest BCUT2D eigenvalue weighted by molar-refractivity contribution is 6.36. The van der Waals surface area contributed by atoms with E-state index in [1.54, 1.807) is 25.4 Å². The van der Waals surface area contributed by atoms with E-state index in [-0.39, 0.29) is 40.2 Å². The van der Waals surface area contributed by atoms with Crippen LogP contribution in [0.4, 0.5) is 5.69 Å². The Balaban J connectivity index is 1.25. The zero-order chi connectivity index (χ0) is 32.4. The number of halogens is 2. The minimum absolute atomic E-state index is 0.0155. The van der Waals surface area contributed by atoms with Crippen molar-refractivity contribution in [3.63, 3.8) is 0 Å². The van der Waals surface area contributed by atoms with Gasteiger partial charge in [0.15, 0.2) is 5.78 Å². The van der Waals surface area contributed by atoms with Gasteiger partial charge in [0, 0.05) is 56.3 Å². The third kappa shape index (κ3) is 6.52. The second-order valence-corrected chi connectivity index (χ2v) is 13.2. The molecule has 3 aliphatic rings. The molecule has 1 aromatic heterocycles. The van der Waals surface area contributed by atoms with E-state index < -0.39 is 23.6 Å². The van der Waals surface area contributed by atoms with E-state index in [9.17, 15) is 19.5 Å². The van der Waals surface area contributed by atoms with E-state index in [0.29, 0.717) is 68.5 Å². The van der Waals surface area contributed by atoms with Crippen molar-refractivity contribution in [3.05, 3.63) is 70.0 Å². The molecule has 2 aliphatic heterocycles. The first-order valence-electron chi connectivity index (χ1n) is 15.8. The number of benzene rings is 2. The fraction of sp³-hybridized carbons (Fsp3) is 0.471. The van der Waals surface area contributed by atoms with E-state index in [1.165, 1.54) is 0 Å². The summed E-state index contributed by atoms with van der Waals surface area (Å²) in [6.45, 7) is 2.47. The van der Waals surface area contributed by atoms with E-state index in [1.807, 2.05) is 35.2 Å². The molecular weight excluding hydrogens is 631 g/mol. The molecule has 1 atom stereocenters. The molecule has 2 aromatic carbocycles. The molecule has 3 aromatic rings. The van der Waals surface area contributed by atoms with Crippen LogP contribution in [0.2, 0.25) is 10.0 Å². The number of carbonyl (C=O) groups excluding carboxylic acids is 2. The summed E-state index contributed by atoms with van der Waals surface area (Å²) in [6, 6.07) is 12.5. The number of anilines is 1. The van der Waals surface area contributed by atoms with E-state index >= 15 is 0 Å². The summed E-state index contributed by atoms with van der Waals surface area (Å²) in [5, 5.41) is 14.5. The van der Waals surface area contributed by atoms with Crippen molar-refractivity contribution in [1.29, 1.82) is 0 Å². The summed E-state index contributed by atoms with van der Waals surface area (Å²) < 4.78 is 12.4. The van der Waals surface area contributed by atoms with Crippen LogP contribution in [0.1, 0.15) is 54.6 Å². The lowest BCUT2D eigenvalue weighted by molar-refractivity contribution is -0.282. The third-order valence-electron chi connectivity index (χ3n) is 9.49. The average molecular weight is 670 g/mol. The van der Waals surface area contributed by atoms with Crippen molar-refractivity contribution in [2.45, 2.75) is 63.0 Å². The topological polar surface area (TPSA) is 121 Å². The number of ether oxygens (including phenoxy) is 2. The molecule has 244 valence electrons. The predicted octanol–water partition coefficient (Wildman–Crippen LogP) is 5.65. The van der Waals surface area contributed by atoms with Crippen LogP contribution in [0.5, 0.6) is 0 Å². The molecule has 6 rings (SSSR count). The Kier molecular flexibility index (Phi) is 9.94. The molecule has 46 heavy (non-hydrogen) atoms. The Morgan fingerprint density at radius 1 is 0.978 bits per heavy atom. The molecular formula is C34H38Cl2N4O6. The minimum Gasteiger partial charge on any atom is -0.481 e. The van der Waals surface area contributed by atoms with Crippen LogP contribution in [0.15, 0.2) is 48.7 Å². The van der Waals surface area contributed by atoms with Gasteiger partial charge in [-0.25, -0.2) is 0 Å². The number of rotatable bonds is 11. The van der Waals surface area contributed by atoms with Gasteiger partial charge in [0.05, 0.1) is 28.8 Å². The lowest BCUT2D eigenvalue weighted by Gasteiger charge is -2.55. The summed E-state index contributed by atoms with van der Waals surface area (Å²) in [5.41, 5.74) is 1.09. The van der Waals surface area contributed by atoms with Crippen molar-refractivity contribution < 1.29 is 29.0 Å². The maximum absolute atomic E-state index is 14.6. The van der Waals surface area contributed by atoms with Gasteiger partial charge in [-0.2, -0.15) is 0 Å². The van der Waals surface area contributed by atoms with Crippen LogP contribution in [0.3, 0.4) is 0 Å². The van der Waals surface area contributed by atoms with Crippen LogP contribution in [0.25, 0.3) is 10.8 Å². The predicted molar refractivity (Wildman–Crippen MR) is 175 cm³/mol. The summed E-state index contributed by atoms with van der Waals surface area (Å²) in [7, 11) is 1.66. The molecule has 0 bridgehead atoms. The van der Waals surface area contributed by atoms with Crippen molar-refractivity contribution in [2.24, 2.45) is 5.92 Å². The van der Waals surface area contributed by atoms with Gasteiger partial charge in [-0.3, -0.25) is 29.2 Å². The molecule has 10 nitrogen and oxygen atoms in total. The summed E-state index contributed by atoms with van der Waals surface area (Å²) >= 11 is 13.5. The fourth-order valence-corrected chi connectivity index (χ4v) is 7.34. The molecule has 0 spiro atoms. The van der Waals surface area contributed by atoms with Gasteiger partial charge in [0.25, 0.3) is 5.91 Å². The number of hydrogen-bond acceptors (Lipinski definition) is 8. The van der Waals surface area contributed by atoms with Crippen LogP contribution >= 0.6 is 23.2 Å². The number of aliphatic carboxylic acids is 1. The molecule has 12 heteroatoms. The Morgan fingerprint density at radius 3 is 2.39 bits per heavy atom. The number of likely N-dealkylation sites (tertiary alicyclic amines) is 2. The average Bonchev–Trinajstić information content (AvgIpc) is 3.58. The van der Waals surface area contributed by atoms with Crippen molar-refractivity contribution in [1.82, 2.24) is 14.8 Å². The van der Waals surface area contributed by atoms with Crippen LogP contribution < -0.4 is 5.32 Å². The molecule has 0 radical (unpaired) electrons. The smallest absolute Gasteiger partial charge is 0.306 e. The Bertz CT molecular complexity index is 1610. The number of nitrogens with zero attached hydrogens (tertiary/aromatic N) is 3. The highest BCUT2D eigenvalue weighted by Gasteiger charge is 2.56. The molecule has 3 fully saturated rings.